The van der Waals surface area contributed by atoms with Crippen LogP contribution in [0.4, 0.5) is 0 Å². The molecule has 1 N–H and O–H groups in total. The molecule has 1 atom stereocenters. The maximum absolute atomic E-state index is 11.9. The second-order valence-electron chi connectivity index (χ2n) is 5.88. The second-order valence-corrected chi connectivity index (χ2v) is 5.88. The number of carboxylic acids is 1. The highest BCUT2D eigenvalue weighted by atomic mass is 16.5. The van der Waals surface area contributed by atoms with Gasteiger partial charge in [0.2, 0.25) is 0 Å². The van der Waals surface area contributed by atoms with Crippen molar-refractivity contribution in [1.82, 2.24) is 5.32 Å². The molecule has 0 aliphatic carbocycles. The number of nitrogens with one attached hydrogen (secondary N) is 1. The van der Waals surface area contributed by atoms with Crippen molar-refractivity contribution >= 4 is 22.8 Å². The minimum Gasteiger partial charge on any atom is -0.550 e. The molecule has 25 heavy (non-hydrogen) atoms. The number of carbonyl (C=O) groups excluding carboxylic acids is 2. The lowest BCUT2D eigenvalue weighted by Gasteiger charge is -2.17. The molecule has 1 amide bonds. The van der Waals surface area contributed by atoms with Crippen molar-refractivity contribution in [3.8, 4) is 5.75 Å². The summed E-state index contributed by atoms with van der Waals surface area (Å²) >= 11 is 0. The van der Waals surface area contributed by atoms with Gasteiger partial charge in [0.15, 0.2) is 6.10 Å². The third-order valence-corrected chi connectivity index (χ3v) is 4.12. The summed E-state index contributed by atoms with van der Waals surface area (Å²) in [6.45, 7) is 6.82. The first-order chi connectivity index (χ1) is 11.7. The van der Waals surface area contributed by atoms with Crippen molar-refractivity contribution in [3.05, 3.63) is 39.2 Å². The molecule has 0 saturated heterocycles. The van der Waals surface area contributed by atoms with Crippen molar-refractivity contribution in [2.75, 3.05) is 6.54 Å². The van der Waals surface area contributed by atoms with E-state index in [9.17, 15) is 19.5 Å². The molecule has 1 aromatic carbocycles. The minimum absolute atomic E-state index is 0.0289. The summed E-state index contributed by atoms with van der Waals surface area (Å²) in [6.07, 6.45) is -1.10. The molecule has 0 spiro atoms. The van der Waals surface area contributed by atoms with Gasteiger partial charge in [-0.1, -0.05) is 0 Å². The lowest BCUT2D eigenvalue weighted by molar-refractivity contribution is -0.305. The molecular formula is C18H20NO6-. The molecule has 2 aromatic rings. The average molecular weight is 346 g/mol. The lowest BCUT2D eigenvalue weighted by Crippen LogP contribution is -2.38. The maximum Gasteiger partial charge on any atom is 0.339 e. The zero-order chi connectivity index (χ0) is 18.7. The fraction of sp³-hybridized carbons (Fsp3) is 0.389. The predicted octanol–water partition coefficient (Wildman–Crippen LogP) is 0.742. The molecule has 134 valence electrons. The standard InChI is InChI=1S/C18H21NO6/c1-9-10(2)18(23)25-16-11(3)14(6-5-13(9)16)24-12(4)17(22)19-8-7-15(20)21/h5-6,12H,7-8H2,1-4H3,(H,19,22)(H,20,21)/p-1/t12-/m1/s1. The molecule has 7 nitrogen and oxygen atoms in total. The molecule has 0 aliphatic heterocycles. The van der Waals surface area contributed by atoms with Gasteiger partial charge in [-0.3, -0.25) is 4.79 Å². The number of benzene rings is 1. The zero-order valence-electron chi connectivity index (χ0n) is 14.6. The molecule has 0 radical (unpaired) electrons. The van der Waals surface area contributed by atoms with Crippen molar-refractivity contribution in [2.45, 2.75) is 40.2 Å². The van der Waals surface area contributed by atoms with Crippen LogP contribution in [0.3, 0.4) is 0 Å². The summed E-state index contributed by atoms with van der Waals surface area (Å²) in [5.74, 6) is -1.26. The zero-order valence-corrected chi connectivity index (χ0v) is 14.6. The first kappa shape index (κ1) is 18.5. The van der Waals surface area contributed by atoms with Gasteiger partial charge >= 0.3 is 5.63 Å². The Morgan fingerprint density at radius 3 is 2.52 bits per heavy atom. The monoisotopic (exact) mass is 346 g/mol. The van der Waals surface area contributed by atoms with Gasteiger partial charge in [0.25, 0.3) is 5.91 Å². The number of aliphatic carboxylic acids is 1. The summed E-state index contributed by atoms with van der Waals surface area (Å²) in [5.41, 5.74) is 2.04. The van der Waals surface area contributed by atoms with E-state index in [1.165, 1.54) is 0 Å². The number of aryl methyl sites for hydroxylation is 2. The summed E-state index contributed by atoms with van der Waals surface area (Å²) in [4.78, 5) is 34.2. The summed E-state index contributed by atoms with van der Waals surface area (Å²) in [7, 11) is 0. The van der Waals surface area contributed by atoms with E-state index >= 15 is 0 Å². The third kappa shape index (κ3) is 3.99. The Balaban J connectivity index is 2.23. The van der Waals surface area contributed by atoms with Gasteiger partial charge in [-0.25, -0.2) is 4.79 Å². The van der Waals surface area contributed by atoms with Gasteiger partial charge in [0.05, 0.1) is 0 Å². The van der Waals surface area contributed by atoms with Crippen molar-refractivity contribution in [1.29, 1.82) is 0 Å². The SMILES string of the molecule is Cc1c(C)c2ccc(O[C@H](C)C(=O)NCCC(=O)[O-])c(C)c2oc1=O. The molecule has 7 heteroatoms. The van der Waals surface area contributed by atoms with Crippen LogP contribution >= 0.6 is 0 Å². The van der Waals surface area contributed by atoms with Crippen LogP contribution in [-0.4, -0.2) is 24.5 Å². The Hall–Kier alpha value is -2.83. The van der Waals surface area contributed by atoms with Crippen LogP contribution in [0.5, 0.6) is 5.75 Å². The first-order valence-electron chi connectivity index (χ1n) is 7.90. The van der Waals surface area contributed by atoms with Gasteiger partial charge in [0, 0.05) is 35.4 Å². The number of carbonyl (C=O) groups is 2. The summed E-state index contributed by atoms with van der Waals surface area (Å²) in [5, 5.41) is 13.6. The number of rotatable bonds is 6. The lowest BCUT2D eigenvalue weighted by atomic mass is 10.0. The highest BCUT2D eigenvalue weighted by Crippen LogP contribution is 2.29. The van der Waals surface area contributed by atoms with Crippen LogP contribution in [0.25, 0.3) is 11.0 Å². The van der Waals surface area contributed by atoms with E-state index in [2.05, 4.69) is 5.32 Å². The smallest absolute Gasteiger partial charge is 0.339 e. The number of carboxylic acid groups (broad SMARTS) is 1. The number of fused-ring (bicyclic) bond motifs is 1. The summed E-state index contributed by atoms with van der Waals surface area (Å²) in [6, 6.07) is 3.50. The highest BCUT2D eigenvalue weighted by molar-refractivity contribution is 5.86. The largest absolute Gasteiger partial charge is 0.550 e. The highest BCUT2D eigenvalue weighted by Gasteiger charge is 2.18. The van der Waals surface area contributed by atoms with Crippen molar-refractivity contribution < 1.29 is 23.8 Å². The van der Waals surface area contributed by atoms with E-state index in [4.69, 9.17) is 9.15 Å². The Morgan fingerprint density at radius 1 is 1.20 bits per heavy atom. The maximum atomic E-state index is 11.9. The quantitative estimate of drug-likeness (QED) is 0.773. The summed E-state index contributed by atoms with van der Waals surface area (Å²) < 4.78 is 11.0. The van der Waals surface area contributed by atoms with Crippen molar-refractivity contribution in [3.63, 3.8) is 0 Å². The molecule has 1 aromatic heterocycles. The molecule has 0 aliphatic rings. The number of ether oxygens (including phenoxy) is 1. The number of amides is 1. The Morgan fingerprint density at radius 2 is 1.88 bits per heavy atom. The van der Waals surface area contributed by atoms with E-state index in [0.29, 0.717) is 22.5 Å². The van der Waals surface area contributed by atoms with Crippen LogP contribution in [0, 0.1) is 20.8 Å². The van der Waals surface area contributed by atoms with E-state index in [-0.39, 0.29) is 13.0 Å². The number of hydrogen-bond acceptors (Lipinski definition) is 6. The molecule has 0 fully saturated rings. The van der Waals surface area contributed by atoms with Gasteiger partial charge in [-0.2, -0.15) is 0 Å². The molecule has 0 bridgehead atoms. The van der Waals surface area contributed by atoms with E-state index in [1.807, 2.05) is 6.92 Å². The minimum atomic E-state index is -1.24. The molecule has 2 rings (SSSR count). The molecule has 0 saturated carbocycles. The van der Waals surface area contributed by atoms with Crippen LogP contribution in [0.15, 0.2) is 21.3 Å². The van der Waals surface area contributed by atoms with E-state index in [1.54, 1.807) is 32.9 Å². The van der Waals surface area contributed by atoms with E-state index in [0.717, 1.165) is 10.9 Å². The van der Waals surface area contributed by atoms with Crippen LogP contribution in [0.1, 0.15) is 30.0 Å². The molecular weight excluding hydrogens is 326 g/mol. The first-order valence-corrected chi connectivity index (χ1v) is 7.90. The Labute approximate surface area is 144 Å². The van der Waals surface area contributed by atoms with Crippen LogP contribution < -0.4 is 20.8 Å². The van der Waals surface area contributed by atoms with Gasteiger partial charge in [0.1, 0.15) is 11.3 Å². The molecule has 1 heterocycles. The third-order valence-electron chi connectivity index (χ3n) is 4.12. The fourth-order valence-corrected chi connectivity index (χ4v) is 2.43. The normalized spacial score (nSPS) is 12.0. The van der Waals surface area contributed by atoms with E-state index < -0.39 is 23.6 Å². The second kappa shape index (κ2) is 7.38. The topological polar surface area (TPSA) is 109 Å². The van der Waals surface area contributed by atoms with Crippen LogP contribution in [0.2, 0.25) is 0 Å². The fourth-order valence-electron chi connectivity index (χ4n) is 2.43. The van der Waals surface area contributed by atoms with Crippen LogP contribution in [-0.2, 0) is 9.59 Å². The van der Waals surface area contributed by atoms with Gasteiger partial charge in [-0.15, -0.1) is 0 Å². The average Bonchev–Trinajstić information content (AvgIpc) is 2.55. The number of hydrogen-bond donors (Lipinski definition) is 1. The Bertz CT molecular complexity index is 883. The van der Waals surface area contributed by atoms with Gasteiger partial charge in [-0.05, 0) is 45.4 Å². The Kier molecular flexibility index (Phi) is 5.46. The van der Waals surface area contributed by atoms with Gasteiger partial charge < -0.3 is 24.4 Å². The van der Waals surface area contributed by atoms with Crippen molar-refractivity contribution in [2.24, 2.45) is 0 Å². The predicted molar refractivity (Wildman–Crippen MR) is 89.4 cm³/mol. The molecule has 0 unspecified atom stereocenters.